The zero-order valence-corrected chi connectivity index (χ0v) is 15.1. The van der Waals surface area contributed by atoms with Crippen molar-refractivity contribution >= 4 is 11.0 Å². The fraction of sp³-hybridized carbons (Fsp3) is 0.286. The first-order valence-corrected chi connectivity index (χ1v) is 8.62. The minimum atomic E-state index is -0.0444. The Morgan fingerprint density at radius 2 is 1.73 bits per heavy atom. The molecule has 1 heterocycles. The average molecular weight is 353 g/mol. The van der Waals surface area contributed by atoms with Crippen molar-refractivity contribution in [3.8, 4) is 17.1 Å². The third-order valence-corrected chi connectivity index (χ3v) is 3.95. The lowest BCUT2D eigenvalue weighted by Crippen LogP contribution is -2.19. The highest BCUT2D eigenvalue weighted by Crippen LogP contribution is 2.24. The molecule has 0 N–H and O–H groups in total. The quantitative estimate of drug-likeness (QED) is 0.581. The van der Waals surface area contributed by atoms with Gasteiger partial charge in [-0.1, -0.05) is 12.1 Å². The minimum absolute atomic E-state index is 0.0444. The standard InChI is InChI=1S/C21H23NO4/c1-22(2)11-12-24-13-14-25-17-9-7-16(8-10-17)21-15-19(23)18-5-3-4-6-20(18)26-21/h3-10,15H,11-14H2,1-2H3. The largest absolute Gasteiger partial charge is 0.491 e. The van der Waals surface area contributed by atoms with Crippen molar-refractivity contribution in [1.29, 1.82) is 0 Å². The summed E-state index contributed by atoms with van der Waals surface area (Å²) in [5, 5.41) is 0.588. The maximum atomic E-state index is 12.2. The molecule has 5 nitrogen and oxygen atoms in total. The Balaban J connectivity index is 1.60. The summed E-state index contributed by atoms with van der Waals surface area (Å²) in [5.74, 6) is 1.31. The second-order valence-corrected chi connectivity index (χ2v) is 6.26. The van der Waals surface area contributed by atoms with Crippen LogP contribution in [0.2, 0.25) is 0 Å². The van der Waals surface area contributed by atoms with Gasteiger partial charge >= 0.3 is 0 Å². The molecule has 26 heavy (non-hydrogen) atoms. The second-order valence-electron chi connectivity index (χ2n) is 6.26. The molecule has 0 spiro atoms. The van der Waals surface area contributed by atoms with E-state index in [1.54, 1.807) is 12.1 Å². The number of ether oxygens (including phenoxy) is 2. The molecule has 0 aliphatic heterocycles. The van der Waals surface area contributed by atoms with Gasteiger partial charge in [-0.3, -0.25) is 4.79 Å². The van der Waals surface area contributed by atoms with Crippen LogP contribution in [0.15, 0.2) is 63.8 Å². The number of hydrogen-bond acceptors (Lipinski definition) is 5. The van der Waals surface area contributed by atoms with Crippen LogP contribution in [0.25, 0.3) is 22.3 Å². The number of hydrogen-bond donors (Lipinski definition) is 0. The van der Waals surface area contributed by atoms with Gasteiger partial charge in [0.15, 0.2) is 5.43 Å². The van der Waals surface area contributed by atoms with E-state index < -0.39 is 0 Å². The first-order valence-electron chi connectivity index (χ1n) is 8.62. The van der Waals surface area contributed by atoms with Gasteiger partial charge in [-0.15, -0.1) is 0 Å². The Morgan fingerprint density at radius 3 is 2.50 bits per heavy atom. The van der Waals surface area contributed by atoms with Crippen LogP contribution >= 0.6 is 0 Å². The van der Waals surface area contributed by atoms with Gasteiger partial charge < -0.3 is 18.8 Å². The van der Waals surface area contributed by atoms with Crippen molar-refractivity contribution in [3.05, 3.63) is 64.8 Å². The third-order valence-electron chi connectivity index (χ3n) is 3.95. The summed E-state index contributed by atoms with van der Waals surface area (Å²) in [7, 11) is 4.03. The van der Waals surface area contributed by atoms with E-state index in [-0.39, 0.29) is 5.43 Å². The van der Waals surface area contributed by atoms with Gasteiger partial charge in [0.25, 0.3) is 0 Å². The molecular formula is C21H23NO4. The van der Waals surface area contributed by atoms with Gasteiger partial charge in [0.2, 0.25) is 0 Å². The van der Waals surface area contributed by atoms with Crippen LogP contribution < -0.4 is 10.2 Å². The van der Waals surface area contributed by atoms with E-state index in [0.717, 1.165) is 17.9 Å². The van der Waals surface area contributed by atoms with Crippen LogP contribution in [-0.2, 0) is 4.74 Å². The molecule has 136 valence electrons. The van der Waals surface area contributed by atoms with Crippen molar-refractivity contribution in [3.63, 3.8) is 0 Å². The lowest BCUT2D eigenvalue weighted by Gasteiger charge is -2.10. The van der Waals surface area contributed by atoms with E-state index in [0.29, 0.717) is 36.6 Å². The van der Waals surface area contributed by atoms with Gasteiger partial charge in [0.05, 0.1) is 18.6 Å². The number of benzene rings is 2. The summed E-state index contributed by atoms with van der Waals surface area (Å²) in [6, 6.07) is 16.3. The van der Waals surface area contributed by atoms with Gasteiger partial charge in [-0.2, -0.15) is 0 Å². The molecular weight excluding hydrogens is 330 g/mol. The Hall–Kier alpha value is -2.63. The summed E-state index contributed by atoms with van der Waals surface area (Å²) in [6.45, 7) is 2.63. The fourth-order valence-corrected chi connectivity index (χ4v) is 2.53. The normalized spacial score (nSPS) is 11.2. The summed E-state index contributed by atoms with van der Waals surface area (Å²) in [5.41, 5.74) is 1.38. The average Bonchev–Trinajstić information content (AvgIpc) is 2.65. The molecule has 0 atom stereocenters. The Kier molecular flexibility index (Phi) is 6.04. The van der Waals surface area contributed by atoms with E-state index in [2.05, 4.69) is 4.90 Å². The van der Waals surface area contributed by atoms with Gasteiger partial charge in [0, 0.05) is 18.2 Å². The number of rotatable bonds is 8. The predicted octanol–water partition coefficient (Wildman–Crippen LogP) is 3.42. The Labute approximate surface area is 152 Å². The highest BCUT2D eigenvalue weighted by Gasteiger charge is 2.06. The predicted molar refractivity (Wildman–Crippen MR) is 103 cm³/mol. The summed E-state index contributed by atoms with van der Waals surface area (Å²) in [6.07, 6.45) is 0. The van der Waals surface area contributed by atoms with Crippen molar-refractivity contribution in [2.45, 2.75) is 0 Å². The van der Waals surface area contributed by atoms with Crippen LogP contribution in [0.3, 0.4) is 0 Å². The number of para-hydroxylation sites is 1. The lowest BCUT2D eigenvalue weighted by atomic mass is 10.1. The molecule has 1 aromatic heterocycles. The van der Waals surface area contributed by atoms with Gasteiger partial charge in [-0.25, -0.2) is 0 Å². The Bertz CT molecular complexity index is 900. The smallest absolute Gasteiger partial charge is 0.193 e. The van der Waals surface area contributed by atoms with Crippen molar-refractivity contribution in [2.75, 3.05) is 40.5 Å². The maximum Gasteiger partial charge on any atom is 0.193 e. The van der Waals surface area contributed by atoms with Crippen LogP contribution in [0.1, 0.15) is 0 Å². The lowest BCUT2D eigenvalue weighted by molar-refractivity contribution is 0.0890. The van der Waals surface area contributed by atoms with Crippen LogP contribution in [0, 0.1) is 0 Å². The van der Waals surface area contributed by atoms with Crippen LogP contribution in [-0.4, -0.2) is 45.4 Å². The van der Waals surface area contributed by atoms with Crippen LogP contribution in [0.5, 0.6) is 5.75 Å². The topological polar surface area (TPSA) is 51.9 Å². The first kappa shape index (κ1) is 18.2. The molecule has 0 aliphatic rings. The summed E-state index contributed by atoms with van der Waals surface area (Å²) < 4.78 is 17.0. The molecule has 0 saturated heterocycles. The zero-order valence-electron chi connectivity index (χ0n) is 15.1. The van der Waals surface area contributed by atoms with Crippen molar-refractivity contribution < 1.29 is 13.9 Å². The summed E-state index contributed by atoms with van der Waals surface area (Å²) >= 11 is 0. The molecule has 5 heteroatoms. The molecule has 0 radical (unpaired) electrons. The highest BCUT2D eigenvalue weighted by atomic mass is 16.5. The molecule has 0 bridgehead atoms. The summed E-state index contributed by atoms with van der Waals surface area (Å²) in [4.78, 5) is 14.3. The maximum absolute atomic E-state index is 12.2. The van der Waals surface area contributed by atoms with E-state index in [4.69, 9.17) is 13.9 Å². The van der Waals surface area contributed by atoms with Gasteiger partial charge in [0.1, 0.15) is 23.7 Å². The third kappa shape index (κ3) is 4.71. The van der Waals surface area contributed by atoms with Crippen LogP contribution in [0.4, 0.5) is 0 Å². The highest BCUT2D eigenvalue weighted by molar-refractivity contribution is 5.78. The zero-order chi connectivity index (χ0) is 18.4. The molecule has 0 fully saturated rings. The monoisotopic (exact) mass is 353 g/mol. The fourth-order valence-electron chi connectivity index (χ4n) is 2.53. The van der Waals surface area contributed by atoms with E-state index in [9.17, 15) is 4.79 Å². The van der Waals surface area contributed by atoms with E-state index in [1.165, 1.54) is 6.07 Å². The number of nitrogens with zero attached hydrogens (tertiary/aromatic N) is 1. The molecule has 3 rings (SSSR count). The van der Waals surface area contributed by atoms with Crippen molar-refractivity contribution in [1.82, 2.24) is 4.90 Å². The van der Waals surface area contributed by atoms with Crippen molar-refractivity contribution in [2.24, 2.45) is 0 Å². The minimum Gasteiger partial charge on any atom is -0.491 e. The SMILES string of the molecule is CN(C)CCOCCOc1ccc(-c2cc(=O)c3ccccc3o2)cc1. The Morgan fingerprint density at radius 1 is 0.962 bits per heavy atom. The molecule has 3 aromatic rings. The molecule has 0 aliphatic carbocycles. The van der Waals surface area contributed by atoms with Gasteiger partial charge in [-0.05, 0) is 50.5 Å². The molecule has 2 aromatic carbocycles. The first-order chi connectivity index (χ1) is 12.6. The number of likely N-dealkylation sites (N-methyl/N-ethyl adjacent to an activating group) is 1. The molecule has 0 unspecified atom stereocenters. The molecule has 0 amide bonds. The van der Waals surface area contributed by atoms with E-state index >= 15 is 0 Å². The number of fused-ring (bicyclic) bond motifs is 1. The second kappa shape index (κ2) is 8.65. The molecule has 0 saturated carbocycles. The van der Waals surface area contributed by atoms with E-state index in [1.807, 2.05) is 50.5 Å².